The van der Waals surface area contributed by atoms with Gasteiger partial charge in [0.15, 0.2) is 0 Å². The van der Waals surface area contributed by atoms with E-state index in [2.05, 4.69) is 32.4 Å². The van der Waals surface area contributed by atoms with Crippen LogP contribution in [-0.2, 0) is 32.1 Å². The van der Waals surface area contributed by atoms with Gasteiger partial charge in [0.1, 0.15) is 25.0 Å². The van der Waals surface area contributed by atoms with E-state index in [4.69, 9.17) is 24.1 Å². The van der Waals surface area contributed by atoms with Gasteiger partial charge in [0.2, 0.25) is 6.33 Å². The van der Waals surface area contributed by atoms with Crippen molar-refractivity contribution in [3.63, 3.8) is 0 Å². The highest BCUT2D eigenvalue weighted by molar-refractivity contribution is 5.66. The SMILES string of the molecule is CCCCCCCCCCCCCCCCCCOCC(COCCOCCn1cc[n+](CCCCCC(=O)O)c1)Oc1ncccn1. The third-order valence-corrected chi connectivity index (χ3v) is 8.48. The second-order valence-electron chi connectivity index (χ2n) is 12.9. The minimum absolute atomic E-state index is 0.245. The van der Waals surface area contributed by atoms with Gasteiger partial charge in [-0.1, -0.05) is 103 Å². The normalized spacial score (nSPS) is 12.0. The first-order valence-corrected chi connectivity index (χ1v) is 19.1. The average Bonchev–Trinajstić information content (AvgIpc) is 3.54. The first kappa shape index (κ1) is 41.6. The lowest BCUT2D eigenvalue weighted by atomic mass is 10.0. The maximum absolute atomic E-state index is 10.6. The summed E-state index contributed by atoms with van der Waals surface area (Å²) in [5, 5.41) is 8.73. The van der Waals surface area contributed by atoms with Crippen molar-refractivity contribution < 1.29 is 33.4 Å². The fourth-order valence-electron chi connectivity index (χ4n) is 5.63. The quantitative estimate of drug-likeness (QED) is 0.0579. The van der Waals surface area contributed by atoms with Crippen LogP contribution in [0.15, 0.2) is 37.2 Å². The number of carboxylic acid groups (broad SMARTS) is 1. The van der Waals surface area contributed by atoms with Crippen molar-refractivity contribution in [1.82, 2.24) is 14.5 Å². The van der Waals surface area contributed by atoms with Gasteiger partial charge in [-0.3, -0.25) is 4.79 Å². The van der Waals surface area contributed by atoms with Crippen molar-refractivity contribution in [3.8, 4) is 6.01 Å². The fourth-order valence-corrected chi connectivity index (χ4v) is 5.63. The summed E-state index contributed by atoms with van der Waals surface area (Å²) in [6.07, 6.45) is 33.8. The zero-order valence-electron chi connectivity index (χ0n) is 30.1. The highest BCUT2D eigenvalue weighted by Crippen LogP contribution is 2.14. The maximum Gasteiger partial charge on any atom is 0.316 e. The van der Waals surface area contributed by atoms with Crippen LogP contribution in [0.25, 0.3) is 0 Å². The molecule has 0 radical (unpaired) electrons. The zero-order valence-corrected chi connectivity index (χ0v) is 30.1. The number of hydrogen-bond donors (Lipinski definition) is 1. The summed E-state index contributed by atoms with van der Waals surface area (Å²) in [4.78, 5) is 19.0. The van der Waals surface area contributed by atoms with Gasteiger partial charge in [-0.05, 0) is 31.7 Å². The molecule has 0 aliphatic heterocycles. The lowest BCUT2D eigenvalue weighted by Crippen LogP contribution is -2.31. The summed E-state index contributed by atoms with van der Waals surface area (Å²) >= 11 is 0. The number of carbonyl (C=O) groups is 1. The lowest BCUT2D eigenvalue weighted by Gasteiger charge is -2.18. The topological polar surface area (TPSA) is 109 Å². The summed E-state index contributed by atoms with van der Waals surface area (Å²) in [7, 11) is 0. The number of aryl methyl sites for hydroxylation is 1. The highest BCUT2D eigenvalue weighted by atomic mass is 16.6. The predicted octanol–water partition coefficient (Wildman–Crippen LogP) is 7.97. The third-order valence-electron chi connectivity index (χ3n) is 8.48. The molecule has 1 unspecified atom stereocenters. The van der Waals surface area contributed by atoms with Gasteiger partial charge in [0.05, 0.1) is 39.6 Å². The molecule has 48 heavy (non-hydrogen) atoms. The van der Waals surface area contributed by atoms with Crippen LogP contribution in [0.3, 0.4) is 0 Å². The van der Waals surface area contributed by atoms with Crippen LogP contribution < -0.4 is 9.30 Å². The largest absolute Gasteiger partial charge is 0.481 e. The molecule has 1 N–H and O–H groups in total. The van der Waals surface area contributed by atoms with Crippen molar-refractivity contribution in [3.05, 3.63) is 37.2 Å². The van der Waals surface area contributed by atoms with Crippen LogP contribution in [0.4, 0.5) is 0 Å². The minimum Gasteiger partial charge on any atom is -0.481 e. The number of aliphatic carboxylic acids is 1. The summed E-state index contributed by atoms with van der Waals surface area (Å²) < 4.78 is 27.8. The van der Waals surface area contributed by atoms with Gasteiger partial charge in [0, 0.05) is 25.4 Å². The van der Waals surface area contributed by atoms with Gasteiger partial charge in [-0.15, -0.1) is 0 Å². The molecule has 0 aliphatic carbocycles. The van der Waals surface area contributed by atoms with E-state index >= 15 is 0 Å². The first-order chi connectivity index (χ1) is 23.7. The van der Waals surface area contributed by atoms with Gasteiger partial charge in [-0.2, -0.15) is 0 Å². The lowest BCUT2D eigenvalue weighted by molar-refractivity contribution is -0.696. The average molecular weight is 676 g/mol. The van der Waals surface area contributed by atoms with E-state index < -0.39 is 5.97 Å². The summed E-state index contributed by atoms with van der Waals surface area (Å²) in [6.45, 7) is 7.04. The number of unbranched alkanes of at least 4 members (excludes halogenated alkanes) is 17. The van der Waals surface area contributed by atoms with Crippen molar-refractivity contribution in [2.45, 2.75) is 155 Å². The van der Waals surface area contributed by atoms with E-state index in [0.29, 0.717) is 39.0 Å². The van der Waals surface area contributed by atoms with Crippen LogP contribution in [0.2, 0.25) is 0 Å². The summed E-state index contributed by atoms with van der Waals surface area (Å²) in [6, 6.07) is 2.10. The second-order valence-corrected chi connectivity index (χ2v) is 12.9. The third kappa shape index (κ3) is 24.6. The fraction of sp³-hybridized carbons (Fsp3) is 0.789. The molecule has 0 aliphatic rings. The Morgan fingerprint density at radius 1 is 0.729 bits per heavy atom. The molecule has 0 amide bonds. The van der Waals surface area contributed by atoms with E-state index in [1.165, 1.54) is 96.3 Å². The molecule has 2 aromatic heterocycles. The molecule has 0 saturated heterocycles. The molecule has 10 nitrogen and oxygen atoms in total. The van der Waals surface area contributed by atoms with Crippen LogP contribution in [-0.4, -0.2) is 71.4 Å². The van der Waals surface area contributed by atoms with Crippen LogP contribution in [0.5, 0.6) is 6.01 Å². The summed E-state index contributed by atoms with van der Waals surface area (Å²) in [5.41, 5.74) is 0. The van der Waals surface area contributed by atoms with Crippen LogP contribution in [0, 0.1) is 0 Å². The molecule has 0 saturated carbocycles. The van der Waals surface area contributed by atoms with Crippen LogP contribution >= 0.6 is 0 Å². The Balaban J connectivity index is 1.45. The number of imidazole rings is 1. The molecule has 2 rings (SSSR count). The molecule has 0 bridgehead atoms. The van der Waals surface area contributed by atoms with E-state index in [1.807, 2.05) is 12.4 Å². The Morgan fingerprint density at radius 2 is 1.29 bits per heavy atom. The molecule has 2 aromatic rings. The van der Waals surface area contributed by atoms with Gasteiger partial charge < -0.3 is 24.1 Å². The number of ether oxygens (including phenoxy) is 4. The number of nitrogens with zero attached hydrogens (tertiary/aromatic N) is 4. The maximum atomic E-state index is 10.6. The molecule has 274 valence electrons. The van der Waals surface area contributed by atoms with E-state index in [9.17, 15) is 4.79 Å². The predicted molar refractivity (Wildman–Crippen MR) is 189 cm³/mol. The molecule has 10 heteroatoms. The Bertz CT molecular complexity index is 993. The van der Waals surface area contributed by atoms with Crippen molar-refractivity contribution >= 4 is 5.97 Å². The van der Waals surface area contributed by atoms with Crippen molar-refractivity contribution in [2.75, 3.05) is 39.6 Å². The Morgan fingerprint density at radius 3 is 1.92 bits per heavy atom. The van der Waals surface area contributed by atoms with Crippen molar-refractivity contribution in [1.29, 1.82) is 0 Å². The van der Waals surface area contributed by atoms with Gasteiger partial charge in [-0.25, -0.2) is 19.1 Å². The number of carboxylic acids is 1. The molecule has 0 spiro atoms. The number of aromatic nitrogens is 4. The van der Waals surface area contributed by atoms with Gasteiger partial charge in [0.25, 0.3) is 0 Å². The standard InChI is InChI=1S/C38H66N4O6/c1-2-3-4-5-6-7-8-9-10-11-12-13-14-15-16-20-29-46-33-36(48-38-39-23-21-24-40-38)34-47-32-31-45-30-28-42-27-26-41(35-42)25-19-17-18-22-37(43)44/h21,23-24,26-27,35-36H,2-20,22,25,28-34H2,1H3/p+1. The molecule has 0 fully saturated rings. The molecule has 0 aromatic carbocycles. The van der Waals surface area contributed by atoms with Crippen LogP contribution in [0.1, 0.15) is 135 Å². The first-order valence-electron chi connectivity index (χ1n) is 19.1. The minimum atomic E-state index is -0.723. The molecule has 1 atom stereocenters. The molecular formula is C38H67N4O6+. The Kier molecular flexibility index (Phi) is 26.4. The summed E-state index contributed by atoms with van der Waals surface area (Å²) in [5.74, 6) is -0.723. The van der Waals surface area contributed by atoms with Crippen molar-refractivity contribution in [2.24, 2.45) is 0 Å². The molecule has 2 heterocycles. The highest BCUT2D eigenvalue weighted by Gasteiger charge is 2.13. The van der Waals surface area contributed by atoms with Gasteiger partial charge >= 0.3 is 12.0 Å². The second kappa shape index (κ2) is 30.5. The monoisotopic (exact) mass is 676 g/mol. The van der Waals surface area contributed by atoms with E-state index in [0.717, 1.165) is 45.4 Å². The molecular weight excluding hydrogens is 608 g/mol. The smallest absolute Gasteiger partial charge is 0.316 e. The Hall–Kier alpha value is -2.56. The number of rotatable bonds is 35. The number of hydrogen-bond acceptors (Lipinski definition) is 7. The van der Waals surface area contributed by atoms with E-state index in [-0.39, 0.29) is 12.5 Å². The zero-order chi connectivity index (χ0) is 34.2. The Labute approximate surface area is 290 Å². The van der Waals surface area contributed by atoms with E-state index in [1.54, 1.807) is 18.5 Å².